The van der Waals surface area contributed by atoms with Crippen molar-refractivity contribution in [3.8, 4) is 0 Å². The van der Waals surface area contributed by atoms with Crippen LogP contribution >= 0.6 is 7.82 Å². The Hall–Kier alpha value is -1.05. The lowest BCUT2D eigenvalue weighted by Crippen LogP contribution is -2.35. The molecule has 2 N–H and O–H groups in total. The minimum atomic E-state index is -4.53. The first-order chi connectivity index (χ1) is 9.19. The first kappa shape index (κ1) is 17.0. The third-order valence-electron chi connectivity index (χ3n) is 2.66. The van der Waals surface area contributed by atoms with E-state index >= 15 is 0 Å². The third-order valence-corrected chi connectivity index (χ3v) is 3.14. The molecule has 1 aliphatic rings. The van der Waals surface area contributed by atoms with Crippen molar-refractivity contribution in [2.75, 3.05) is 6.61 Å². The summed E-state index contributed by atoms with van der Waals surface area (Å²) in [6, 6.07) is 0. The molecule has 8 nitrogen and oxygen atoms in total. The van der Waals surface area contributed by atoms with E-state index in [2.05, 4.69) is 4.52 Å². The van der Waals surface area contributed by atoms with Gasteiger partial charge in [0.25, 0.3) is 0 Å². The highest BCUT2D eigenvalue weighted by molar-refractivity contribution is 7.46. The largest absolute Gasteiger partial charge is 0.469 e. The van der Waals surface area contributed by atoms with Crippen molar-refractivity contribution in [3.05, 3.63) is 12.3 Å². The van der Waals surface area contributed by atoms with E-state index in [0.29, 0.717) is 12.8 Å². The van der Waals surface area contributed by atoms with E-state index < -0.39 is 20.2 Å². The fourth-order valence-electron chi connectivity index (χ4n) is 1.78. The van der Waals surface area contributed by atoms with Crippen LogP contribution in [0.3, 0.4) is 0 Å². The summed E-state index contributed by atoms with van der Waals surface area (Å²) < 4.78 is 20.4. The Morgan fingerprint density at radius 1 is 1.40 bits per heavy atom. The number of phosphoric acid groups is 1. The molecule has 1 saturated heterocycles. The number of phosphoric ester groups is 1. The van der Waals surface area contributed by atoms with Crippen LogP contribution in [-0.4, -0.2) is 45.3 Å². The molecule has 1 rings (SSSR count). The molecule has 1 heterocycles. The number of hydrogen-bond donors (Lipinski definition) is 2. The Balaban J connectivity index is 2.57. The molecular weight excluding hydrogens is 289 g/mol. The number of ketones is 1. The number of carbonyl (C=O) groups is 2. The number of ether oxygens (including phenoxy) is 1. The number of rotatable bonds is 6. The molecule has 1 fully saturated rings. The van der Waals surface area contributed by atoms with E-state index in [1.165, 1.54) is 31.0 Å². The van der Waals surface area contributed by atoms with E-state index in [0.717, 1.165) is 0 Å². The molecule has 0 aromatic carbocycles. The van der Waals surface area contributed by atoms with Gasteiger partial charge in [-0.3, -0.25) is 19.0 Å². The van der Waals surface area contributed by atoms with E-state index in [-0.39, 0.29) is 18.3 Å². The maximum atomic E-state index is 11.5. The minimum absolute atomic E-state index is 0.198. The molecule has 0 bridgehead atoms. The van der Waals surface area contributed by atoms with Crippen molar-refractivity contribution in [2.45, 2.75) is 39.0 Å². The van der Waals surface area contributed by atoms with Crippen molar-refractivity contribution in [1.82, 2.24) is 4.90 Å². The van der Waals surface area contributed by atoms with Crippen LogP contribution < -0.4 is 0 Å². The van der Waals surface area contributed by atoms with Crippen molar-refractivity contribution < 1.29 is 33.2 Å². The Bertz CT molecular complexity index is 444. The smallest absolute Gasteiger partial charge is 0.352 e. The zero-order valence-electron chi connectivity index (χ0n) is 11.3. The predicted octanol–water partition coefficient (Wildman–Crippen LogP) is 0.552. The highest BCUT2D eigenvalue weighted by Crippen LogP contribution is 2.37. The van der Waals surface area contributed by atoms with E-state index in [4.69, 9.17) is 14.5 Å². The van der Waals surface area contributed by atoms with Crippen LogP contribution in [0.5, 0.6) is 0 Å². The molecule has 114 valence electrons. The Morgan fingerprint density at radius 2 is 2.05 bits per heavy atom. The summed E-state index contributed by atoms with van der Waals surface area (Å²) in [6.45, 7) is 2.46. The molecule has 9 heteroatoms. The molecule has 20 heavy (non-hydrogen) atoms. The topological polar surface area (TPSA) is 113 Å². The maximum Gasteiger partial charge on any atom is 0.469 e. The van der Waals surface area contributed by atoms with Crippen LogP contribution in [0.25, 0.3) is 0 Å². The van der Waals surface area contributed by atoms with Gasteiger partial charge >= 0.3 is 7.82 Å². The molecule has 1 aliphatic heterocycles. The van der Waals surface area contributed by atoms with Gasteiger partial charge in [-0.1, -0.05) is 0 Å². The molecule has 0 spiro atoms. The lowest BCUT2D eigenvalue weighted by Gasteiger charge is -2.24. The number of nitrogens with zero attached hydrogens (tertiary/aromatic N) is 1. The Kier molecular flexibility index (Phi) is 6.04. The summed E-state index contributed by atoms with van der Waals surface area (Å²) in [5.41, 5.74) is 0. The first-order valence-corrected chi connectivity index (χ1v) is 7.55. The van der Waals surface area contributed by atoms with E-state index in [9.17, 15) is 14.2 Å². The van der Waals surface area contributed by atoms with Gasteiger partial charge < -0.3 is 14.5 Å². The fourth-order valence-corrected chi connectivity index (χ4v) is 2.14. The standard InChI is InChI=1S/C11H18NO7P/c1-8(13)5-6-12(9(2)14)11-4-3-10(19-11)7-18-20(15,16)17/h5-6,10-11H,3-4,7H2,1-2H3,(H2,15,16,17)/b6-5-/t10-,11+/m0/s1. The van der Waals surface area contributed by atoms with Gasteiger partial charge in [-0.2, -0.15) is 0 Å². The van der Waals surface area contributed by atoms with Gasteiger partial charge in [0.1, 0.15) is 6.23 Å². The van der Waals surface area contributed by atoms with Crippen LogP contribution in [-0.2, 0) is 23.4 Å². The maximum absolute atomic E-state index is 11.5. The number of carbonyl (C=O) groups excluding carboxylic acids is 2. The second-order valence-corrected chi connectivity index (χ2v) is 5.67. The van der Waals surface area contributed by atoms with Crippen LogP contribution in [0.2, 0.25) is 0 Å². The summed E-state index contributed by atoms with van der Waals surface area (Å²) in [5.74, 6) is -0.486. The zero-order valence-corrected chi connectivity index (χ0v) is 12.2. The monoisotopic (exact) mass is 307 g/mol. The number of hydrogen-bond acceptors (Lipinski definition) is 5. The summed E-state index contributed by atoms with van der Waals surface area (Å²) in [7, 11) is -4.53. The predicted molar refractivity (Wildman–Crippen MR) is 68.2 cm³/mol. The second-order valence-electron chi connectivity index (χ2n) is 4.43. The molecular formula is C11H18NO7P. The van der Waals surface area contributed by atoms with Crippen LogP contribution in [0.15, 0.2) is 12.3 Å². The molecule has 0 saturated carbocycles. The average Bonchev–Trinajstić information content (AvgIpc) is 2.73. The van der Waals surface area contributed by atoms with E-state index in [1.807, 2.05) is 0 Å². The second kappa shape index (κ2) is 7.10. The van der Waals surface area contributed by atoms with Crippen molar-refractivity contribution in [1.29, 1.82) is 0 Å². The van der Waals surface area contributed by atoms with Crippen molar-refractivity contribution in [3.63, 3.8) is 0 Å². The summed E-state index contributed by atoms with van der Waals surface area (Å²) >= 11 is 0. The zero-order chi connectivity index (χ0) is 15.3. The summed E-state index contributed by atoms with van der Waals surface area (Å²) in [6.07, 6.45) is 2.54. The molecule has 0 radical (unpaired) electrons. The molecule has 2 atom stereocenters. The van der Waals surface area contributed by atoms with Gasteiger partial charge in [0, 0.05) is 13.1 Å². The first-order valence-electron chi connectivity index (χ1n) is 6.02. The van der Waals surface area contributed by atoms with Crippen LogP contribution in [0.4, 0.5) is 0 Å². The van der Waals surface area contributed by atoms with Gasteiger partial charge in [0.05, 0.1) is 12.7 Å². The van der Waals surface area contributed by atoms with Gasteiger partial charge in [-0.15, -0.1) is 0 Å². The minimum Gasteiger partial charge on any atom is -0.352 e. The fraction of sp³-hybridized carbons (Fsp3) is 0.636. The normalized spacial score (nSPS) is 23.2. The Labute approximate surface area is 116 Å². The number of allylic oxidation sites excluding steroid dienone is 1. The van der Waals surface area contributed by atoms with Gasteiger partial charge in [-0.05, 0) is 25.8 Å². The van der Waals surface area contributed by atoms with E-state index in [1.54, 1.807) is 0 Å². The van der Waals surface area contributed by atoms with Crippen LogP contribution in [0, 0.1) is 0 Å². The Morgan fingerprint density at radius 3 is 2.55 bits per heavy atom. The average molecular weight is 307 g/mol. The third kappa shape index (κ3) is 5.94. The quantitative estimate of drug-likeness (QED) is 0.544. The molecule has 0 aromatic heterocycles. The van der Waals surface area contributed by atoms with Gasteiger partial charge in [0.15, 0.2) is 5.78 Å². The molecule has 0 unspecified atom stereocenters. The summed E-state index contributed by atoms with van der Waals surface area (Å²) in [4.78, 5) is 40.9. The molecule has 0 aromatic rings. The van der Waals surface area contributed by atoms with Gasteiger partial charge in [0.2, 0.25) is 5.91 Å². The highest BCUT2D eigenvalue weighted by atomic mass is 31.2. The highest BCUT2D eigenvalue weighted by Gasteiger charge is 2.32. The summed E-state index contributed by atoms with van der Waals surface area (Å²) in [5, 5.41) is 0. The molecule has 0 aliphatic carbocycles. The lowest BCUT2D eigenvalue weighted by molar-refractivity contribution is -0.138. The SMILES string of the molecule is CC(=O)/C=C\N(C(C)=O)[C@H]1CC[C@@H](COP(=O)(O)O)O1. The van der Waals surface area contributed by atoms with Crippen molar-refractivity contribution >= 4 is 19.5 Å². The lowest BCUT2D eigenvalue weighted by atomic mass is 10.2. The number of amides is 1. The van der Waals surface area contributed by atoms with Crippen molar-refractivity contribution in [2.24, 2.45) is 0 Å². The van der Waals surface area contributed by atoms with Gasteiger partial charge in [-0.25, -0.2) is 4.57 Å². The van der Waals surface area contributed by atoms with Crippen LogP contribution in [0.1, 0.15) is 26.7 Å². The molecule has 1 amide bonds.